The van der Waals surface area contributed by atoms with Gasteiger partial charge in [-0.15, -0.1) is 0 Å². The molecule has 0 aliphatic rings. The Balaban J connectivity index is 2.96. The SMILES string of the molecule is Cc1ncc2cnn(C)c2c1C. The third-order valence-electron chi connectivity index (χ3n) is 2.26. The molecule has 0 amide bonds. The lowest BCUT2D eigenvalue weighted by Gasteiger charge is -2.01. The second kappa shape index (κ2) is 2.30. The molecule has 0 unspecified atom stereocenters. The minimum atomic E-state index is 1.08. The Bertz CT molecular complexity index is 429. The summed E-state index contributed by atoms with van der Waals surface area (Å²) in [5, 5.41) is 5.29. The van der Waals surface area contributed by atoms with Gasteiger partial charge in [0, 0.05) is 24.3 Å². The molecule has 2 aromatic heterocycles. The van der Waals surface area contributed by atoms with Gasteiger partial charge in [0.05, 0.1) is 11.7 Å². The number of fused-ring (bicyclic) bond motifs is 1. The predicted octanol–water partition coefficient (Wildman–Crippen LogP) is 1.59. The molecule has 0 aliphatic heterocycles. The van der Waals surface area contributed by atoms with E-state index in [2.05, 4.69) is 17.0 Å². The van der Waals surface area contributed by atoms with Crippen LogP contribution in [0.2, 0.25) is 0 Å². The van der Waals surface area contributed by atoms with Gasteiger partial charge >= 0.3 is 0 Å². The molecule has 0 aromatic carbocycles. The summed E-state index contributed by atoms with van der Waals surface area (Å²) in [7, 11) is 1.95. The summed E-state index contributed by atoms with van der Waals surface area (Å²) in [4.78, 5) is 4.27. The molecule has 0 spiro atoms. The van der Waals surface area contributed by atoms with Crippen LogP contribution in [0.15, 0.2) is 12.4 Å². The van der Waals surface area contributed by atoms with Crippen molar-refractivity contribution >= 4 is 10.9 Å². The van der Waals surface area contributed by atoms with Gasteiger partial charge in [0.1, 0.15) is 0 Å². The highest BCUT2D eigenvalue weighted by atomic mass is 15.2. The molecule has 12 heavy (non-hydrogen) atoms. The van der Waals surface area contributed by atoms with Crippen LogP contribution in [0, 0.1) is 13.8 Å². The quantitative estimate of drug-likeness (QED) is 0.587. The van der Waals surface area contributed by atoms with E-state index in [0.29, 0.717) is 0 Å². The zero-order chi connectivity index (χ0) is 8.72. The van der Waals surface area contributed by atoms with Crippen molar-refractivity contribution in [2.75, 3.05) is 0 Å². The first-order chi connectivity index (χ1) is 5.70. The number of pyridine rings is 1. The third kappa shape index (κ3) is 0.826. The predicted molar refractivity (Wildman–Crippen MR) is 48.0 cm³/mol. The highest BCUT2D eigenvalue weighted by molar-refractivity contribution is 5.81. The first kappa shape index (κ1) is 7.28. The molecule has 3 heteroatoms. The standard InChI is InChI=1S/C9H11N3/c1-6-7(2)10-4-8-5-11-12(3)9(6)8/h4-5H,1-3H3. The topological polar surface area (TPSA) is 30.7 Å². The summed E-state index contributed by atoms with van der Waals surface area (Å²) in [6.45, 7) is 4.09. The average Bonchev–Trinajstić information content (AvgIpc) is 2.41. The van der Waals surface area contributed by atoms with Crippen LogP contribution in [0.4, 0.5) is 0 Å². The van der Waals surface area contributed by atoms with Crippen molar-refractivity contribution in [2.24, 2.45) is 7.05 Å². The van der Waals surface area contributed by atoms with Crippen LogP contribution in [0.5, 0.6) is 0 Å². The molecule has 62 valence electrons. The maximum Gasteiger partial charge on any atom is 0.0741 e. The Labute approximate surface area is 71.0 Å². The largest absolute Gasteiger partial charge is 0.268 e. The van der Waals surface area contributed by atoms with E-state index in [0.717, 1.165) is 11.1 Å². The second-order valence-corrected chi connectivity index (χ2v) is 3.04. The van der Waals surface area contributed by atoms with Gasteiger partial charge in [-0.2, -0.15) is 5.10 Å². The number of nitrogens with zero attached hydrogens (tertiary/aromatic N) is 3. The van der Waals surface area contributed by atoms with Crippen LogP contribution in [0.3, 0.4) is 0 Å². The Hall–Kier alpha value is -1.38. The van der Waals surface area contributed by atoms with Crippen LogP contribution in [-0.4, -0.2) is 14.8 Å². The molecule has 0 saturated carbocycles. The molecule has 0 bridgehead atoms. The molecule has 2 aromatic rings. The summed E-state index contributed by atoms with van der Waals surface area (Å²) < 4.78 is 1.89. The normalized spacial score (nSPS) is 10.9. The highest BCUT2D eigenvalue weighted by Crippen LogP contribution is 2.17. The van der Waals surface area contributed by atoms with Crippen molar-refractivity contribution in [3.05, 3.63) is 23.7 Å². The van der Waals surface area contributed by atoms with E-state index in [9.17, 15) is 0 Å². The zero-order valence-electron chi connectivity index (χ0n) is 7.50. The average molecular weight is 161 g/mol. The molecule has 0 saturated heterocycles. The minimum absolute atomic E-state index is 1.08. The van der Waals surface area contributed by atoms with Crippen molar-refractivity contribution in [1.82, 2.24) is 14.8 Å². The molecule has 3 nitrogen and oxygen atoms in total. The molecule has 0 radical (unpaired) electrons. The number of aryl methyl sites for hydroxylation is 3. The monoisotopic (exact) mass is 161 g/mol. The number of rotatable bonds is 0. The summed E-state index contributed by atoms with van der Waals surface area (Å²) in [5.74, 6) is 0. The van der Waals surface area contributed by atoms with Crippen molar-refractivity contribution in [1.29, 1.82) is 0 Å². The molecule has 2 rings (SSSR count). The number of aromatic nitrogens is 3. The van der Waals surface area contributed by atoms with Gasteiger partial charge in [0.2, 0.25) is 0 Å². The Morgan fingerprint density at radius 2 is 2.00 bits per heavy atom. The molecule has 0 fully saturated rings. The van der Waals surface area contributed by atoms with E-state index in [-0.39, 0.29) is 0 Å². The van der Waals surface area contributed by atoms with Gasteiger partial charge in [0.25, 0.3) is 0 Å². The maximum absolute atomic E-state index is 4.27. The van der Waals surface area contributed by atoms with Crippen LogP contribution < -0.4 is 0 Å². The number of hydrogen-bond acceptors (Lipinski definition) is 2. The fraction of sp³-hybridized carbons (Fsp3) is 0.333. The van der Waals surface area contributed by atoms with Crippen LogP contribution in [-0.2, 0) is 7.05 Å². The van der Waals surface area contributed by atoms with Crippen molar-refractivity contribution in [3.8, 4) is 0 Å². The Kier molecular flexibility index (Phi) is 1.40. The first-order valence-electron chi connectivity index (χ1n) is 3.94. The van der Waals surface area contributed by atoms with Crippen molar-refractivity contribution in [2.45, 2.75) is 13.8 Å². The van der Waals surface area contributed by atoms with Gasteiger partial charge in [0.15, 0.2) is 0 Å². The smallest absolute Gasteiger partial charge is 0.0741 e. The van der Waals surface area contributed by atoms with Crippen LogP contribution in [0.25, 0.3) is 10.9 Å². The van der Waals surface area contributed by atoms with Crippen LogP contribution in [0.1, 0.15) is 11.3 Å². The molecular formula is C9H11N3. The fourth-order valence-electron chi connectivity index (χ4n) is 1.44. The molecule has 0 N–H and O–H groups in total. The summed E-state index contributed by atoms with van der Waals surface area (Å²) in [6, 6.07) is 0. The minimum Gasteiger partial charge on any atom is -0.268 e. The van der Waals surface area contributed by atoms with Crippen LogP contribution >= 0.6 is 0 Å². The third-order valence-corrected chi connectivity index (χ3v) is 2.26. The lowest BCUT2D eigenvalue weighted by atomic mass is 10.2. The molecule has 2 heterocycles. The van der Waals surface area contributed by atoms with Gasteiger partial charge in [-0.1, -0.05) is 0 Å². The fourth-order valence-corrected chi connectivity index (χ4v) is 1.44. The molecular weight excluding hydrogens is 150 g/mol. The summed E-state index contributed by atoms with van der Waals surface area (Å²) in [5.41, 5.74) is 3.47. The second-order valence-electron chi connectivity index (χ2n) is 3.04. The lowest BCUT2D eigenvalue weighted by Crippen LogP contribution is -1.94. The van der Waals surface area contributed by atoms with E-state index in [1.807, 2.05) is 31.0 Å². The lowest BCUT2D eigenvalue weighted by molar-refractivity contribution is 0.793. The van der Waals surface area contributed by atoms with E-state index in [1.54, 1.807) is 0 Å². The summed E-state index contributed by atoms with van der Waals surface area (Å²) in [6.07, 6.45) is 3.71. The van der Waals surface area contributed by atoms with Crippen molar-refractivity contribution in [3.63, 3.8) is 0 Å². The van der Waals surface area contributed by atoms with E-state index in [4.69, 9.17) is 0 Å². The molecule has 0 aliphatic carbocycles. The van der Waals surface area contributed by atoms with Gasteiger partial charge in [-0.05, 0) is 19.4 Å². The summed E-state index contributed by atoms with van der Waals surface area (Å²) >= 11 is 0. The Morgan fingerprint density at radius 3 is 2.75 bits per heavy atom. The van der Waals surface area contributed by atoms with Crippen molar-refractivity contribution < 1.29 is 0 Å². The first-order valence-corrected chi connectivity index (χ1v) is 3.94. The maximum atomic E-state index is 4.27. The number of hydrogen-bond donors (Lipinski definition) is 0. The van der Waals surface area contributed by atoms with Gasteiger partial charge in [-0.25, -0.2) is 0 Å². The Morgan fingerprint density at radius 1 is 1.25 bits per heavy atom. The van der Waals surface area contributed by atoms with E-state index in [1.165, 1.54) is 11.1 Å². The highest BCUT2D eigenvalue weighted by Gasteiger charge is 2.04. The van der Waals surface area contributed by atoms with E-state index >= 15 is 0 Å². The van der Waals surface area contributed by atoms with Gasteiger partial charge in [-0.3, -0.25) is 9.67 Å². The van der Waals surface area contributed by atoms with Gasteiger partial charge < -0.3 is 0 Å². The molecule has 0 atom stereocenters. The van der Waals surface area contributed by atoms with E-state index < -0.39 is 0 Å². The zero-order valence-corrected chi connectivity index (χ0v) is 7.50.